The minimum atomic E-state index is -1.38. The van der Waals surface area contributed by atoms with Gasteiger partial charge in [0.25, 0.3) is 0 Å². The average molecular weight is 502 g/mol. The molecule has 0 unspecified atom stereocenters. The number of fused-ring (bicyclic) bond motifs is 1. The molecule has 0 aliphatic carbocycles. The van der Waals surface area contributed by atoms with Gasteiger partial charge in [0.15, 0.2) is 18.5 Å². The Morgan fingerprint density at radius 1 is 0.778 bits per heavy atom. The van der Waals surface area contributed by atoms with Crippen LogP contribution < -0.4 is 4.74 Å². The number of esters is 4. The highest BCUT2D eigenvalue weighted by Gasteiger charge is 2.53. The van der Waals surface area contributed by atoms with Crippen LogP contribution in [0, 0.1) is 0 Å². The summed E-state index contributed by atoms with van der Waals surface area (Å²) in [6.45, 7) is 4.22. The van der Waals surface area contributed by atoms with Crippen molar-refractivity contribution in [2.24, 2.45) is 0 Å². The molecular weight excluding hydrogens is 476 g/mol. The molecule has 0 N–H and O–H groups in total. The second-order valence-electron chi connectivity index (χ2n) is 8.00. The van der Waals surface area contributed by atoms with Gasteiger partial charge in [-0.3, -0.25) is 24.0 Å². The molecular formula is C25H26O11. The summed E-state index contributed by atoms with van der Waals surface area (Å²) in [6, 6.07) is 10.1. The monoisotopic (exact) mass is 502 g/mol. The molecule has 5 atom stereocenters. The summed E-state index contributed by atoms with van der Waals surface area (Å²) in [5.41, 5.74) is 0.430. The van der Waals surface area contributed by atoms with Crippen LogP contribution in [0.15, 0.2) is 36.4 Å². The fourth-order valence-corrected chi connectivity index (χ4v) is 3.91. The molecule has 0 spiro atoms. The average Bonchev–Trinajstić information content (AvgIpc) is 2.81. The van der Waals surface area contributed by atoms with E-state index in [0.717, 1.165) is 20.8 Å². The third-order valence-electron chi connectivity index (χ3n) is 5.24. The van der Waals surface area contributed by atoms with Crippen molar-refractivity contribution < 1.29 is 52.4 Å². The lowest BCUT2D eigenvalue weighted by Crippen LogP contribution is -2.63. The van der Waals surface area contributed by atoms with E-state index in [2.05, 4.69) is 0 Å². The van der Waals surface area contributed by atoms with Crippen LogP contribution in [-0.4, -0.2) is 67.5 Å². The van der Waals surface area contributed by atoms with Crippen LogP contribution in [-0.2, 0) is 42.9 Å². The molecule has 11 nitrogen and oxygen atoms in total. The van der Waals surface area contributed by atoms with E-state index in [4.69, 9.17) is 28.4 Å². The summed E-state index contributed by atoms with van der Waals surface area (Å²) in [4.78, 5) is 58.7. The number of hydrogen-bond donors (Lipinski definition) is 0. The number of aldehydes is 1. The summed E-state index contributed by atoms with van der Waals surface area (Å²) < 4.78 is 33.3. The van der Waals surface area contributed by atoms with E-state index in [1.54, 1.807) is 36.4 Å². The van der Waals surface area contributed by atoms with Gasteiger partial charge in [-0.25, -0.2) is 0 Å². The van der Waals surface area contributed by atoms with E-state index >= 15 is 0 Å². The third-order valence-corrected chi connectivity index (χ3v) is 5.24. The van der Waals surface area contributed by atoms with Gasteiger partial charge >= 0.3 is 23.9 Å². The maximum absolute atomic E-state index is 12.0. The summed E-state index contributed by atoms with van der Waals surface area (Å²) in [5, 5.41) is 1.17. The van der Waals surface area contributed by atoms with E-state index in [0.29, 0.717) is 22.6 Å². The van der Waals surface area contributed by atoms with Gasteiger partial charge in [0.05, 0.1) is 0 Å². The van der Waals surface area contributed by atoms with Crippen molar-refractivity contribution in [3.05, 3.63) is 42.0 Å². The van der Waals surface area contributed by atoms with Crippen molar-refractivity contribution >= 4 is 40.9 Å². The molecule has 192 valence electrons. The van der Waals surface area contributed by atoms with E-state index in [9.17, 15) is 24.0 Å². The first-order valence-electron chi connectivity index (χ1n) is 11.0. The van der Waals surface area contributed by atoms with Crippen molar-refractivity contribution in [3.63, 3.8) is 0 Å². The fourth-order valence-electron chi connectivity index (χ4n) is 3.91. The first-order valence-corrected chi connectivity index (χ1v) is 11.0. The quantitative estimate of drug-likeness (QED) is 0.298. The van der Waals surface area contributed by atoms with Gasteiger partial charge in [0.2, 0.25) is 12.4 Å². The van der Waals surface area contributed by atoms with Crippen LogP contribution in [0.4, 0.5) is 0 Å². The molecule has 0 bridgehead atoms. The van der Waals surface area contributed by atoms with E-state index in [1.165, 1.54) is 6.92 Å². The topological polar surface area (TPSA) is 141 Å². The van der Waals surface area contributed by atoms with Crippen molar-refractivity contribution in [3.8, 4) is 5.75 Å². The first kappa shape index (κ1) is 26.6. The molecule has 1 aliphatic rings. The number of hydrogen-bond acceptors (Lipinski definition) is 11. The number of ether oxygens (including phenoxy) is 6. The number of carbonyl (C=O) groups excluding carboxylic acids is 5. The molecule has 1 aliphatic heterocycles. The van der Waals surface area contributed by atoms with Crippen LogP contribution >= 0.6 is 0 Å². The van der Waals surface area contributed by atoms with Gasteiger partial charge in [-0.2, -0.15) is 0 Å². The molecule has 0 saturated carbocycles. The fraction of sp³-hybridized carbons (Fsp3) is 0.400. The molecule has 2 aromatic rings. The van der Waals surface area contributed by atoms with Crippen molar-refractivity contribution in [1.29, 1.82) is 0 Å². The lowest BCUT2D eigenvalue weighted by molar-refractivity contribution is -0.288. The van der Waals surface area contributed by atoms with Gasteiger partial charge in [0, 0.05) is 38.6 Å². The highest BCUT2D eigenvalue weighted by molar-refractivity contribution is 6.00. The summed E-state index contributed by atoms with van der Waals surface area (Å²) in [7, 11) is 0. The predicted octanol–water partition coefficient (Wildman–Crippen LogP) is 2.11. The van der Waals surface area contributed by atoms with Crippen LogP contribution in [0.5, 0.6) is 5.75 Å². The second kappa shape index (κ2) is 11.6. The smallest absolute Gasteiger partial charge is 0.303 e. The first-order chi connectivity index (χ1) is 17.1. The molecule has 1 heterocycles. The summed E-state index contributed by atoms with van der Waals surface area (Å²) >= 11 is 0. The zero-order valence-corrected chi connectivity index (χ0v) is 20.1. The maximum Gasteiger partial charge on any atom is 0.303 e. The number of rotatable bonds is 8. The predicted molar refractivity (Wildman–Crippen MR) is 122 cm³/mol. The highest BCUT2D eigenvalue weighted by atomic mass is 16.7. The Morgan fingerprint density at radius 2 is 1.36 bits per heavy atom. The maximum atomic E-state index is 12.0. The Bertz CT molecular complexity index is 1160. The van der Waals surface area contributed by atoms with Crippen molar-refractivity contribution in [2.75, 3.05) is 6.61 Å². The Morgan fingerprint density at radius 3 is 1.94 bits per heavy atom. The SMILES string of the molecule is CC(=O)OC[C@H]1O[C@@H](Oc2ccc(C=O)c3ccccc23)[C@H](OC(C)=O)[C@@H](OC(C)=O)[C@H]1OC(C)=O. The summed E-state index contributed by atoms with van der Waals surface area (Å²) in [6.07, 6.45) is -5.82. The Kier molecular flexibility index (Phi) is 8.59. The molecule has 11 heteroatoms. The van der Waals surface area contributed by atoms with E-state index in [-0.39, 0.29) is 12.4 Å². The zero-order chi connectivity index (χ0) is 26.4. The van der Waals surface area contributed by atoms with Crippen LogP contribution in [0.1, 0.15) is 38.1 Å². The van der Waals surface area contributed by atoms with E-state index < -0.39 is 54.6 Å². The Labute approximate surface area is 206 Å². The third kappa shape index (κ3) is 6.36. The van der Waals surface area contributed by atoms with Crippen LogP contribution in [0.25, 0.3) is 10.8 Å². The number of carbonyl (C=O) groups is 5. The lowest BCUT2D eigenvalue weighted by atomic mass is 9.98. The minimum absolute atomic E-state index is 0.275. The van der Waals surface area contributed by atoms with Gasteiger partial charge in [0.1, 0.15) is 18.5 Å². The van der Waals surface area contributed by atoms with Crippen LogP contribution in [0.3, 0.4) is 0 Å². The van der Waals surface area contributed by atoms with E-state index in [1.807, 2.05) is 0 Å². The normalized spacial score (nSPS) is 23.3. The molecule has 3 rings (SSSR count). The van der Waals surface area contributed by atoms with Crippen LogP contribution in [0.2, 0.25) is 0 Å². The van der Waals surface area contributed by atoms with Crippen molar-refractivity contribution in [2.45, 2.75) is 58.4 Å². The van der Waals surface area contributed by atoms with Gasteiger partial charge < -0.3 is 28.4 Å². The Hall–Kier alpha value is -3.99. The highest BCUT2D eigenvalue weighted by Crippen LogP contribution is 2.34. The minimum Gasteiger partial charge on any atom is -0.463 e. The van der Waals surface area contributed by atoms with Gasteiger partial charge in [-0.15, -0.1) is 0 Å². The lowest BCUT2D eigenvalue weighted by Gasteiger charge is -2.44. The molecule has 1 fully saturated rings. The molecule has 0 amide bonds. The molecule has 2 aromatic carbocycles. The molecule has 36 heavy (non-hydrogen) atoms. The van der Waals surface area contributed by atoms with Gasteiger partial charge in [-0.05, 0) is 17.5 Å². The molecule has 1 saturated heterocycles. The van der Waals surface area contributed by atoms with Crippen molar-refractivity contribution in [1.82, 2.24) is 0 Å². The van der Waals surface area contributed by atoms with Gasteiger partial charge in [-0.1, -0.05) is 24.3 Å². The standard InChI is InChI=1S/C25H26O11/c1-13(27)31-12-21-22(32-14(2)28)23(33-15(3)29)24(34-16(4)30)25(36-21)35-20-10-9-17(11-26)18-7-5-6-8-19(18)20/h5-11,21-25H,12H2,1-4H3/t21-,22+,23+,24-,25-/m1/s1. The largest absolute Gasteiger partial charge is 0.463 e. The summed E-state index contributed by atoms with van der Waals surface area (Å²) in [5.74, 6) is -2.57. The second-order valence-corrected chi connectivity index (χ2v) is 8.00. The Balaban J connectivity index is 2.07. The zero-order valence-electron chi connectivity index (χ0n) is 20.1. The molecule has 0 aromatic heterocycles. The number of benzene rings is 2. The molecule has 0 radical (unpaired) electrons.